The zero-order valence-electron chi connectivity index (χ0n) is 3.48. The molecule has 0 saturated heterocycles. The summed E-state index contributed by atoms with van der Waals surface area (Å²) in [7, 11) is 0.953. The summed E-state index contributed by atoms with van der Waals surface area (Å²) in [4.78, 5) is 0. The minimum atomic E-state index is -0.701. The van der Waals surface area contributed by atoms with Crippen molar-refractivity contribution in [3.8, 4) is 0 Å². The molecule has 0 aliphatic carbocycles. The molecule has 0 aromatic heterocycles. The maximum Gasteiger partial charge on any atom is 0.131 e. The van der Waals surface area contributed by atoms with Crippen molar-refractivity contribution in [1.29, 1.82) is 0 Å². The van der Waals surface area contributed by atoms with Crippen LogP contribution in [-0.2, 0) is 0 Å². The van der Waals surface area contributed by atoms with Crippen LogP contribution in [0.4, 0.5) is 0 Å². The van der Waals surface area contributed by atoms with Crippen molar-refractivity contribution >= 4 is 22.5 Å². The second kappa shape index (κ2) is 4.36. The summed E-state index contributed by atoms with van der Waals surface area (Å²) in [6.07, 6.45) is 2.01. The highest BCUT2D eigenvalue weighted by Crippen LogP contribution is 2.11. The Morgan fingerprint density at radius 3 is 2.43 bits per heavy atom. The molecule has 0 heterocycles. The predicted octanol–water partition coefficient (Wildman–Crippen LogP) is 0.954. The zero-order valence-corrected chi connectivity index (χ0v) is 5.19. The van der Waals surface area contributed by atoms with Crippen molar-refractivity contribution in [2.24, 2.45) is 0 Å². The molecule has 4 heteroatoms. The first-order chi connectivity index (χ1) is 3.31. The van der Waals surface area contributed by atoms with Crippen molar-refractivity contribution in [3.63, 3.8) is 0 Å². The van der Waals surface area contributed by atoms with Crippen LogP contribution >= 0.6 is 22.5 Å². The fourth-order valence-corrected chi connectivity index (χ4v) is 0.460. The van der Waals surface area contributed by atoms with Gasteiger partial charge in [-0.3, -0.25) is 0 Å². The summed E-state index contributed by atoms with van der Waals surface area (Å²) in [5.41, 5.74) is -0.701. The number of hydrogen-bond donors (Lipinski definition) is 3. The van der Waals surface area contributed by atoms with E-state index in [0.717, 1.165) is 17.1 Å². The number of thiol groups is 1. The van der Waals surface area contributed by atoms with Gasteiger partial charge in [-0.05, 0) is 6.08 Å². The molecule has 2 nitrogen and oxygen atoms in total. The molecule has 0 radical (unpaired) electrons. The lowest BCUT2D eigenvalue weighted by molar-refractivity contribution is 0.306. The Morgan fingerprint density at radius 1 is 1.71 bits per heavy atom. The van der Waals surface area contributed by atoms with E-state index in [2.05, 4.69) is 11.7 Å². The van der Waals surface area contributed by atoms with E-state index in [9.17, 15) is 0 Å². The van der Waals surface area contributed by atoms with Gasteiger partial charge in [0.25, 0.3) is 0 Å². The van der Waals surface area contributed by atoms with Crippen LogP contribution in [0.5, 0.6) is 0 Å². The van der Waals surface area contributed by atoms with Gasteiger partial charge in [-0.15, -0.1) is 11.7 Å². The summed E-state index contributed by atoms with van der Waals surface area (Å²) >= 11 is 3.65. The van der Waals surface area contributed by atoms with Crippen LogP contribution in [0.2, 0.25) is 0 Å². The molecule has 0 amide bonds. The molecule has 1 atom stereocenters. The van der Waals surface area contributed by atoms with E-state index in [0.29, 0.717) is 0 Å². The molecule has 1 unspecified atom stereocenters. The molecule has 0 fully saturated rings. The standard InChI is InChI=1S/C3H6O2S2/c4-2-1-3(5)7-6/h1-6H. The van der Waals surface area contributed by atoms with Gasteiger partial charge in [0.05, 0.1) is 6.26 Å². The molecule has 42 valence electrons. The molecule has 0 bridgehead atoms. The molecule has 7 heavy (non-hydrogen) atoms. The van der Waals surface area contributed by atoms with Crippen LogP contribution in [0.3, 0.4) is 0 Å². The number of hydrogen-bond acceptors (Lipinski definition) is 4. The van der Waals surface area contributed by atoms with Crippen molar-refractivity contribution in [1.82, 2.24) is 0 Å². The first-order valence-electron chi connectivity index (χ1n) is 1.60. The van der Waals surface area contributed by atoms with Gasteiger partial charge in [0.15, 0.2) is 0 Å². The van der Waals surface area contributed by atoms with E-state index in [1.165, 1.54) is 6.08 Å². The van der Waals surface area contributed by atoms with E-state index < -0.39 is 5.44 Å². The largest absolute Gasteiger partial charge is 0.516 e. The quantitative estimate of drug-likeness (QED) is 0.230. The van der Waals surface area contributed by atoms with Crippen molar-refractivity contribution in [2.75, 3.05) is 0 Å². The third-order valence-corrected chi connectivity index (χ3v) is 1.38. The van der Waals surface area contributed by atoms with Gasteiger partial charge in [-0.2, -0.15) is 0 Å². The molecule has 0 aliphatic rings. The number of rotatable bonds is 2. The molecular formula is C3H6O2S2. The SMILES string of the molecule is OC=CC(O)SS. The summed E-state index contributed by atoms with van der Waals surface area (Å²) in [6, 6.07) is 0. The van der Waals surface area contributed by atoms with Crippen molar-refractivity contribution < 1.29 is 10.2 Å². The van der Waals surface area contributed by atoms with Crippen LogP contribution in [-0.4, -0.2) is 15.6 Å². The Balaban J connectivity index is 3.16. The normalized spacial score (nSPS) is 15.1. The van der Waals surface area contributed by atoms with Crippen LogP contribution in [0, 0.1) is 0 Å². The van der Waals surface area contributed by atoms with E-state index in [-0.39, 0.29) is 0 Å². The van der Waals surface area contributed by atoms with Crippen molar-refractivity contribution in [3.05, 3.63) is 12.3 Å². The molecular weight excluding hydrogens is 132 g/mol. The van der Waals surface area contributed by atoms with E-state index in [1.807, 2.05) is 0 Å². The van der Waals surface area contributed by atoms with Gasteiger partial charge in [0.1, 0.15) is 5.44 Å². The van der Waals surface area contributed by atoms with Gasteiger partial charge in [-0.1, -0.05) is 10.8 Å². The summed E-state index contributed by atoms with van der Waals surface area (Å²) in [5.74, 6) is 0. The maximum atomic E-state index is 8.50. The minimum absolute atomic E-state index is 0.701. The van der Waals surface area contributed by atoms with Gasteiger partial charge in [0, 0.05) is 0 Å². The molecule has 2 N–H and O–H groups in total. The Labute approximate surface area is 51.0 Å². The third kappa shape index (κ3) is 4.04. The van der Waals surface area contributed by atoms with Crippen molar-refractivity contribution in [2.45, 2.75) is 5.44 Å². The first kappa shape index (κ1) is 7.20. The van der Waals surface area contributed by atoms with Gasteiger partial charge in [-0.25, -0.2) is 0 Å². The van der Waals surface area contributed by atoms with Crippen LogP contribution in [0.25, 0.3) is 0 Å². The third-order valence-electron chi connectivity index (χ3n) is 0.359. The maximum absolute atomic E-state index is 8.50. The minimum Gasteiger partial charge on any atom is -0.516 e. The average molecular weight is 138 g/mol. The summed E-state index contributed by atoms with van der Waals surface area (Å²) < 4.78 is 0. The monoisotopic (exact) mass is 138 g/mol. The second-order valence-electron chi connectivity index (χ2n) is 0.837. The van der Waals surface area contributed by atoms with Gasteiger partial charge in [0.2, 0.25) is 0 Å². The van der Waals surface area contributed by atoms with E-state index >= 15 is 0 Å². The lowest BCUT2D eigenvalue weighted by Crippen LogP contribution is -1.89. The summed E-state index contributed by atoms with van der Waals surface area (Å²) in [5, 5.41) is 16.5. The smallest absolute Gasteiger partial charge is 0.131 e. The molecule has 0 aromatic rings. The topological polar surface area (TPSA) is 40.5 Å². The fourth-order valence-electron chi connectivity index (χ4n) is 0.109. The second-order valence-corrected chi connectivity index (χ2v) is 2.16. The molecule has 0 aromatic carbocycles. The Kier molecular flexibility index (Phi) is 4.49. The van der Waals surface area contributed by atoms with E-state index in [1.54, 1.807) is 0 Å². The Hall–Kier alpha value is 0.200. The number of aliphatic hydroxyl groups excluding tert-OH is 2. The van der Waals surface area contributed by atoms with E-state index in [4.69, 9.17) is 10.2 Å². The van der Waals surface area contributed by atoms with Crippen LogP contribution < -0.4 is 0 Å². The molecule has 0 saturated carbocycles. The lowest BCUT2D eigenvalue weighted by atomic mass is 10.7. The summed E-state index contributed by atoms with van der Waals surface area (Å²) in [6.45, 7) is 0. The molecule has 0 rings (SSSR count). The highest BCUT2D eigenvalue weighted by molar-refractivity contribution is 8.68. The highest BCUT2D eigenvalue weighted by Gasteiger charge is 1.90. The first-order valence-corrected chi connectivity index (χ1v) is 3.53. The lowest BCUT2D eigenvalue weighted by Gasteiger charge is -1.93. The zero-order chi connectivity index (χ0) is 5.70. The van der Waals surface area contributed by atoms with Gasteiger partial charge >= 0.3 is 0 Å². The fraction of sp³-hybridized carbons (Fsp3) is 0.333. The average Bonchev–Trinajstić information content (AvgIpc) is 1.68. The molecule has 0 spiro atoms. The predicted molar refractivity (Wildman–Crippen MR) is 34.4 cm³/mol. The van der Waals surface area contributed by atoms with Crippen LogP contribution in [0.15, 0.2) is 12.3 Å². The highest BCUT2D eigenvalue weighted by atomic mass is 33.1. The van der Waals surface area contributed by atoms with Crippen LogP contribution in [0.1, 0.15) is 0 Å². The number of aliphatic hydroxyl groups is 2. The van der Waals surface area contributed by atoms with Gasteiger partial charge < -0.3 is 10.2 Å². The Bertz CT molecular complexity index is 64.0. The Morgan fingerprint density at radius 2 is 2.29 bits per heavy atom. The molecule has 0 aliphatic heterocycles.